The molecule has 4 nitrogen and oxygen atoms in total. The van der Waals surface area contributed by atoms with Crippen LogP contribution in [0.15, 0.2) is 36.4 Å². The molecule has 2 N–H and O–H groups in total. The van der Waals surface area contributed by atoms with Gasteiger partial charge in [0.1, 0.15) is 10.7 Å². The Balaban J connectivity index is 3.40. The highest BCUT2D eigenvalue weighted by Gasteiger charge is 2.16. The van der Waals surface area contributed by atoms with E-state index in [2.05, 4.69) is 36.3 Å². The smallest absolute Gasteiger partial charge is 0.285 e. The molecule has 0 fully saturated rings. The van der Waals surface area contributed by atoms with Crippen molar-refractivity contribution in [1.29, 1.82) is 0 Å². The van der Waals surface area contributed by atoms with Crippen molar-refractivity contribution < 1.29 is 8.42 Å². The molecule has 0 saturated heterocycles. The number of hydrogen-bond donors (Lipinski definition) is 1. The van der Waals surface area contributed by atoms with Gasteiger partial charge in [-0.25, -0.2) is 0 Å². The first-order valence-electron chi connectivity index (χ1n) is 3.85. The minimum atomic E-state index is -3.73. The molecule has 82 valence electrons. The molecule has 0 aliphatic rings. The fourth-order valence-corrected chi connectivity index (χ4v) is 3.35. The highest BCUT2D eigenvalue weighted by molar-refractivity contribution is 9.11. The van der Waals surface area contributed by atoms with Crippen molar-refractivity contribution in [2.45, 2.75) is 11.8 Å². The zero-order valence-corrected chi connectivity index (χ0v) is 11.7. The summed E-state index contributed by atoms with van der Waals surface area (Å²) in [7, 11) is -3.73. The van der Waals surface area contributed by atoms with Crippen LogP contribution in [0.1, 0.15) is 6.92 Å². The Hall–Kier alpha value is -0.400. The SMILES string of the molecule is C/C(N)=N/S(=O)(=O)c1cc(Br)ccc1Br. The summed E-state index contributed by atoms with van der Waals surface area (Å²) < 4.78 is 27.9. The fraction of sp³-hybridized carbons (Fsp3) is 0.125. The van der Waals surface area contributed by atoms with E-state index in [4.69, 9.17) is 5.73 Å². The van der Waals surface area contributed by atoms with Crippen molar-refractivity contribution in [1.82, 2.24) is 0 Å². The van der Waals surface area contributed by atoms with E-state index in [1.807, 2.05) is 0 Å². The van der Waals surface area contributed by atoms with Crippen molar-refractivity contribution in [2.75, 3.05) is 0 Å². The maximum Gasteiger partial charge on any atom is 0.285 e. The quantitative estimate of drug-likeness (QED) is 0.653. The zero-order valence-electron chi connectivity index (χ0n) is 7.74. The van der Waals surface area contributed by atoms with E-state index in [1.54, 1.807) is 12.1 Å². The van der Waals surface area contributed by atoms with Gasteiger partial charge in [0.2, 0.25) is 0 Å². The Morgan fingerprint density at radius 3 is 2.53 bits per heavy atom. The van der Waals surface area contributed by atoms with Crippen LogP contribution < -0.4 is 5.73 Å². The van der Waals surface area contributed by atoms with Crippen LogP contribution in [0.3, 0.4) is 0 Å². The Morgan fingerprint density at radius 1 is 1.40 bits per heavy atom. The number of hydrogen-bond acceptors (Lipinski definition) is 2. The topological polar surface area (TPSA) is 72.5 Å². The standard InChI is InChI=1S/C8H8Br2N2O2S/c1-5(11)12-15(13,14)8-4-6(9)2-3-7(8)10/h2-4H,1H3,(H2,11,12). The summed E-state index contributed by atoms with van der Waals surface area (Å²) in [6.07, 6.45) is 0. The van der Waals surface area contributed by atoms with Gasteiger partial charge < -0.3 is 5.73 Å². The number of sulfonamides is 1. The van der Waals surface area contributed by atoms with Gasteiger partial charge in [0.15, 0.2) is 0 Å². The van der Waals surface area contributed by atoms with Crippen LogP contribution in [0, 0.1) is 0 Å². The molecular weight excluding hydrogens is 348 g/mol. The Bertz CT molecular complexity index is 507. The predicted octanol–water partition coefficient (Wildman–Crippen LogP) is 2.28. The lowest BCUT2D eigenvalue weighted by atomic mass is 10.4. The number of benzene rings is 1. The summed E-state index contributed by atoms with van der Waals surface area (Å²) in [5.41, 5.74) is 5.25. The molecule has 0 unspecified atom stereocenters. The molecule has 1 aromatic carbocycles. The molecule has 0 aliphatic heterocycles. The van der Waals surface area contributed by atoms with Crippen molar-refractivity contribution in [2.24, 2.45) is 10.1 Å². The van der Waals surface area contributed by atoms with E-state index >= 15 is 0 Å². The monoisotopic (exact) mass is 354 g/mol. The molecule has 0 saturated carbocycles. The van der Waals surface area contributed by atoms with Gasteiger partial charge in [0.25, 0.3) is 10.0 Å². The third-order valence-corrected chi connectivity index (χ3v) is 4.30. The number of rotatable bonds is 2. The molecule has 0 amide bonds. The summed E-state index contributed by atoms with van der Waals surface area (Å²) >= 11 is 6.34. The third-order valence-electron chi connectivity index (χ3n) is 1.44. The maximum absolute atomic E-state index is 11.7. The minimum Gasteiger partial charge on any atom is -0.387 e. The lowest BCUT2D eigenvalue weighted by Crippen LogP contribution is -2.10. The average molecular weight is 356 g/mol. The lowest BCUT2D eigenvalue weighted by molar-refractivity contribution is 0.597. The normalized spacial score (nSPS) is 12.9. The maximum atomic E-state index is 11.7. The molecule has 0 aromatic heterocycles. The van der Waals surface area contributed by atoms with Gasteiger partial charge in [0.05, 0.1) is 0 Å². The number of nitrogens with two attached hydrogens (primary N) is 1. The van der Waals surface area contributed by atoms with Crippen molar-refractivity contribution >= 4 is 47.7 Å². The molecule has 0 spiro atoms. The van der Waals surface area contributed by atoms with E-state index < -0.39 is 10.0 Å². The molecule has 1 rings (SSSR count). The first-order chi connectivity index (χ1) is 6.83. The molecule has 15 heavy (non-hydrogen) atoms. The van der Waals surface area contributed by atoms with E-state index in [1.165, 1.54) is 13.0 Å². The second-order valence-corrected chi connectivity index (χ2v) is 6.13. The molecule has 0 bridgehead atoms. The van der Waals surface area contributed by atoms with Crippen LogP contribution in [0.4, 0.5) is 0 Å². The summed E-state index contributed by atoms with van der Waals surface area (Å²) in [6, 6.07) is 4.81. The van der Waals surface area contributed by atoms with Gasteiger partial charge >= 0.3 is 0 Å². The van der Waals surface area contributed by atoms with E-state index in [9.17, 15) is 8.42 Å². The van der Waals surface area contributed by atoms with E-state index in [0.29, 0.717) is 8.95 Å². The van der Waals surface area contributed by atoms with E-state index in [0.717, 1.165) is 0 Å². The van der Waals surface area contributed by atoms with Gasteiger partial charge in [0, 0.05) is 8.95 Å². The van der Waals surface area contributed by atoms with Crippen LogP contribution in [0.25, 0.3) is 0 Å². The Kier molecular flexibility index (Phi) is 3.91. The summed E-state index contributed by atoms with van der Waals surface area (Å²) in [5.74, 6) is 0.00174. The van der Waals surface area contributed by atoms with Crippen molar-refractivity contribution in [3.63, 3.8) is 0 Å². The third kappa shape index (κ3) is 3.29. The van der Waals surface area contributed by atoms with Gasteiger partial charge in [-0.15, -0.1) is 4.40 Å². The summed E-state index contributed by atoms with van der Waals surface area (Å²) in [5, 5.41) is 0. The highest BCUT2D eigenvalue weighted by atomic mass is 79.9. The molecule has 0 radical (unpaired) electrons. The summed E-state index contributed by atoms with van der Waals surface area (Å²) in [6.45, 7) is 1.42. The van der Waals surface area contributed by atoms with Gasteiger partial charge in [-0.05, 0) is 41.1 Å². The van der Waals surface area contributed by atoms with Crippen molar-refractivity contribution in [3.05, 3.63) is 27.1 Å². The number of amidine groups is 1. The minimum absolute atomic E-state index is 0.00174. The first kappa shape index (κ1) is 12.7. The molecule has 1 aromatic rings. The number of halogens is 2. The van der Waals surface area contributed by atoms with Crippen LogP contribution >= 0.6 is 31.9 Å². The van der Waals surface area contributed by atoms with E-state index in [-0.39, 0.29) is 10.7 Å². The second-order valence-electron chi connectivity index (χ2n) is 2.78. The van der Waals surface area contributed by atoms with Crippen LogP contribution in [-0.4, -0.2) is 14.3 Å². The van der Waals surface area contributed by atoms with Crippen molar-refractivity contribution in [3.8, 4) is 0 Å². The largest absolute Gasteiger partial charge is 0.387 e. The first-order valence-corrected chi connectivity index (χ1v) is 6.87. The molecule has 7 heteroatoms. The molecule has 0 heterocycles. The van der Waals surface area contributed by atoms with Crippen LogP contribution in [0.5, 0.6) is 0 Å². The Morgan fingerprint density at radius 2 is 2.00 bits per heavy atom. The molecule has 0 atom stereocenters. The average Bonchev–Trinajstić information content (AvgIpc) is 2.06. The Labute approximate surface area is 105 Å². The van der Waals surface area contributed by atoms with Crippen LogP contribution in [-0.2, 0) is 10.0 Å². The zero-order chi connectivity index (χ0) is 11.6. The molecule has 0 aliphatic carbocycles. The summed E-state index contributed by atoms with van der Waals surface area (Å²) in [4.78, 5) is 0.0849. The number of nitrogens with zero attached hydrogens (tertiary/aromatic N) is 1. The second kappa shape index (κ2) is 4.63. The molecular formula is C8H8Br2N2O2S. The van der Waals surface area contributed by atoms with Crippen LogP contribution in [0.2, 0.25) is 0 Å². The van der Waals surface area contributed by atoms with Gasteiger partial charge in [-0.3, -0.25) is 0 Å². The lowest BCUT2D eigenvalue weighted by Gasteiger charge is -2.02. The predicted molar refractivity (Wildman–Crippen MR) is 66.3 cm³/mol. The van der Waals surface area contributed by atoms with Gasteiger partial charge in [-0.1, -0.05) is 15.9 Å². The fourth-order valence-electron chi connectivity index (χ4n) is 0.914. The highest BCUT2D eigenvalue weighted by Crippen LogP contribution is 2.26. The van der Waals surface area contributed by atoms with Gasteiger partial charge in [-0.2, -0.15) is 8.42 Å².